The van der Waals surface area contributed by atoms with Crippen LogP contribution in [0, 0.1) is 0 Å². The quantitative estimate of drug-likeness (QED) is 0.285. The molecule has 0 amide bonds. The van der Waals surface area contributed by atoms with Crippen molar-refractivity contribution >= 4 is 5.78 Å². The van der Waals surface area contributed by atoms with E-state index in [0.29, 0.717) is 5.56 Å². The summed E-state index contributed by atoms with van der Waals surface area (Å²) < 4.78 is 5.68. The second kappa shape index (κ2) is 11.1. The molecule has 0 saturated heterocycles. The fourth-order valence-corrected chi connectivity index (χ4v) is 2.26. The maximum atomic E-state index is 11.4. The molecule has 0 aromatic heterocycles. The highest BCUT2D eigenvalue weighted by Crippen LogP contribution is 2.14. The first-order valence-corrected chi connectivity index (χ1v) is 8.17. The molecule has 2 nitrogen and oxygen atoms in total. The summed E-state index contributed by atoms with van der Waals surface area (Å²) in [4.78, 5) is 11.4. The predicted octanol–water partition coefficient (Wildman–Crippen LogP) is 5.57. The molecule has 0 aliphatic carbocycles. The zero-order valence-electron chi connectivity index (χ0n) is 13.3. The predicted molar refractivity (Wildman–Crippen MR) is 89.1 cm³/mol. The van der Waals surface area contributed by atoms with Crippen molar-refractivity contribution in [2.45, 2.75) is 58.3 Å². The van der Waals surface area contributed by atoms with Gasteiger partial charge in [0.2, 0.25) is 0 Å². The van der Waals surface area contributed by atoms with Gasteiger partial charge >= 0.3 is 0 Å². The molecular weight excluding hydrogens is 260 g/mol. The van der Waals surface area contributed by atoms with Crippen molar-refractivity contribution in [2.75, 3.05) is 6.61 Å². The van der Waals surface area contributed by atoms with E-state index in [1.165, 1.54) is 51.0 Å². The summed E-state index contributed by atoms with van der Waals surface area (Å²) in [7, 11) is 0. The molecule has 0 saturated carbocycles. The van der Waals surface area contributed by atoms with Gasteiger partial charge in [0.25, 0.3) is 0 Å². The number of hydrogen-bond acceptors (Lipinski definition) is 2. The first-order valence-electron chi connectivity index (χ1n) is 8.17. The van der Waals surface area contributed by atoms with Crippen LogP contribution in [-0.4, -0.2) is 12.4 Å². The van der Waals surface area contributed by atoms with Crippen molar-refractivity contribution in [3.8, 4) is 5.75 Å². The van der Waals surface area contributed by atoms with E-state index in [-0.39, 0.29) is 5.78 Å². The Labute approximate surface area is 129 Å². The van der Waals surface area contributed by atoms with Gasteiger partial charge < -0.3 is 4.74 Å². The highest BCUT2D eigenvalue weighted by molar-refractivity contribution is 6.04. The summed E-state index contributed by atoms with van der Waals surface area (Å²) in [5, 5.41) is 0. The molecule has 0 atom stereocenters. The fraction of sp³-hybridized carbons (Fsp3) is 0.526. The summed E-state index contributed by atoms with van der Waals surface area (Å²) >= 11 is 0. The van der Waals surface area contributed by atoms with Crippen LogP contribution in [0.15, 0.2) is 36.9 Å². The first-order chi connectivity index (χ1) is 10.3. The van der Waals surface area contributed by atoms with Gasteiger partial charge in [-0.25, -0.2) is 0 Å². The lowest BCUT2D eigenvalue weighted by molar-refractivity contribution is 0.104. The molecule has 0 aliphatic heterocycles. The number of hydrogen-bond donors (Lipinski definition) is 0. The molecular formula is C19H28O2. The Hall–Kier alpha value is -1.57. The fourth-order valence-electron chi connectivity index (χ4n) is 2.26. The van der Waals surface area contributed by atoms with Crippen molar-refractivity contribution in [1.29, 1.82) is 0 Å². The van der Waals surface area contributed by atoms with Gasteiger partial charge in [0.05, 0.1) is 6.61 Å². The molecule has 1 aromatic rings. The second-order valence-electron chi connectivity index (χ2n) is 5.42. The third-order valence-corrected chi connectivity index (χ3v) is 3.59. The average molecular weight is 288 g/mol. The molecule has 0 spiro atoms. The molecule has 0 unspecified atom stereocenters. The lowest BCUT2D eigenvalue weighted by Gasteiger charge is -2.06. The largest absolute Gasteiger partial charge is 0.494 e. The van der Waals surface area contributed by atoms with Crippen molar-refractivity contribution < 1.29 is 9.53 Å². The van der Waals surface area contributed by atoms with E-state index in [2.05, 4.69) is 13.5 Å². The summed E-state index contributed by atoms with van der Waals surface area (Å²) in [5.41, 5.74) is 0.657. The van der Waals surface area contributed by atoms with E-state index in [1.54, 1.807) is 12.1 Å². The molecule has 2 heteroatoms. The SMILES string of the molecule is C=CC(=O)c1ccc(OCCCCCCCCCC)cc1. The van der Waals surface area contributed by atoms with Crippen LogP contribution in [0.3, 0.4) is 0 Å². The van der Waals surface area contributed by atoms with E-state index >= 15 is 0 Å². The van der Waals surface area contributed by atoms with Gasteiger partial charge in [0, 0.05) is 5.56 Å². The molecule has 0 N–H and O–H groups in total. The van der Waals surface area contributed by atoms with Crippen molar-refractivity contribution in [2.24, 2.45) is 0 Å². The Kier molecular flexibility index (Phi) is 9.26. The highest BCUT2D eigenvalue weighted by Gasteiger charge is 2.01. The lowest BCUT2D eigenvalue weighted by Crippen LogP contribution is -1.98. The van der Waals surface area contributed by atoms with Crippen LogP contribution in [-0.2, 0) is 0 Å². The van der Waals surface area contributed by atoms with E-state index < -0.39 is 0 Å². The van der Waals surface area contributed by atoms with Crippen LogP contribution in [0.4, 0.5) is 0 Å². The topological polar surface area (TPSA) is 26.3 Å². The van der Waals surface area contributed by atoms with Gasteiger partial charge in [-0.1, -0.05) is 58.4 Å². The minimum absolute atomic E-state index is 0.0513. The number of carbonyl (C=O) groups excluding carboxylic acids is 1. The van der Waals surface area contributed by atoms with E-state index in [4.69, 9.17) is 4.74 Å². The highest BCUT2D eigenvalue weighted by atomic mass is 16.5. The van der Waals surface area contributed by atoms with Crippen LogP contribution in [0.5, 0.6) is 5.75 Å². The summed E-state index contributed by atoms with van der Waals surface area (Å²) in [6.07, 6.45) is 11.7. The summed E-state index contributed by atoms with van der Waals surface area (Å²) in [5.74, 6) is 0.781. The number of rotatable bonds is 12. The minimum Gasteiger partial charge on any atom is -0.494 e. The number of ketones is 1. The van der Waals surface area contributed by atoms with Crippen LogP contribution >= 0.6 is 0 Å². The van der Waals surface area contributed by atoms with Gasteiger partial charge in [0.15, 0.2) is 5.78 Å². The minimum atomic E-state index is -0.0513. The molecule has 0 radical (unpaired) electrons. The smallest absolute Gasteiger partial charge is 0.185 e. The van der Waals surface area contributed by atoms with Crippen LogP contribution in [0.1, 0.15) is 68.6 Å². The van der Waals surface area contributed by atoms with Crippen molar-refractivity contribution in [1.82, 2.24) is 0 Å². The summed E-state index contributed by atoms with van der Waals surface area (Å²) in [6.45, 7) is 6.48. The lowest BCUT2D eigenvalue weighted by atomic mass is 10.1. The molecule has 0 aliphatic rings. The van der Waals surface area contributed by atoms with Crippen LogP contribution in [0.2, 0.25) is 0 Å². The molecule has 116 valence electrons. The zero-order chi connectivity index (χ0) is 15.3. The normalized spacial score (nSPS) is 10.3. The number of carbonyl (C=O) groups is 1. The number of unbranched alkanes of at least 4 members (excludes halogenated alkanes) is 7. The third kappa shape index (κ3) is 7.69. The molecule has 1 aromatic carbocycles. The molecule has 0 bridgehead atoms. The Morgan fingerprint density at radius 2 is 1.57 bits per heavy atom. The zero-order valence-corrected chi connectivity index (χ0v) is 13.3. The van der Waals surface area contributed by atoms with E-state index in [9.17, 15) is 4.79 Å². The van der Waals surface area contributed by atoms with Crippen LogP contribution in [0.25, 0.3) is 0 Å². The average Bonchev–Trinajstić information content (AvgIpc) is 2.53. The van der Waals surface area contributed by atoms with Gasteiger partial charge in [0.1, 0.15) is 5.75 Å². The van der Waals surface area contributed by atoms with Gasteiger partial charge in [-0.05, 0) is 36.8 Å². The van der Waals surface area contributed by atoms with Gasteiger partial charge in [-0.3, -0.25) is 4.79 Å². The van der Waals surface area contributed by atoms with Gasteiger partial charge in [-0.2, -0.15) is 0 Å². The Bertz CT molecular complexity index is 406. The maximum Gasteiger partial charge on any atom is 0.185 e. The molecule has 0 fully saturated rings. The molecule has 21 heavy (non-hydrogen) atoms. The number of benzene rings is 1. The standard InChI is InChI=1S/C19H28O2/c1-3-5-6-7-8-9-10-11-16-21-18-14-12-17(13-15-18)19(20)4-2/h4,12-15H,2-3,5-11,16H2,1H3. The summed E-state index contributed by atoms with van der Waals surface area (Å²) in [6, 6.07) is 7.27. The monoisotopic (exact) mass is 288 g/mol. The van der Waals surface area contributed by atoms with E-state index in [1.807, 2.05) is 12.1 Å². The number of allylic oxidation sites excluding steroid dienone is 1. The van der Waals surface area contributed by atoms with Crippen molar-refractivity contribution in [3.05, 3.63) is 42.5 Å². The molecule has 0 heterocycles. The maximum absolute atomic E-state index is 11.4. The van der Waals surface area contributed by atoms with Gasteiger partial charge in [-0.15, -0.1) is 0 Å². The Morgan fingerprint density at radius 3 is 2.14 bits per heavy atom. The number of ether oxygens (including phenoxy) is 1. The first kappa shape index (κ1) is 17.5. The third-order valence-electron chi connectivity index (χ3n) is 3.59. The Balaban J connectivity index is 2.07. The van der Waals surface area contributed by atoms with Crippen molar-refractivity contribution in [3.63, 3.8) is 0 Å². The molecule has 1 rings (SSSR count). The van der Waals surface area contributed by atoms with E-state index in [0.717, 1.165) is 18.8 Å². The second-order valence-corrected chi connectivity index (χ2v) is 5.42. The Morgan fingerprint density at radius 1 is 1.00 bits per heavy atom. The van der Waals surface area contributed by atoms with Crippen LogP contribution < -0.4 is 4.74 Å².